The predicted octanol–water partition coefficient (Wildman–Crippen LogP) is 15.2. The van der Waals surface area contributed by atoms with Gasteiger partial charge in [0.25, 0.3) is 0 Å². The molecule has 274 valence electrons. The van der Waals surface area contributed by atoms with Gasteiger partial charge >= 0.3 is 0 Å². The van der Waals surface area contributed by atoms with E-state index < -0.39 is 0 Å². The van der Waals surface area contributed by atoms with E-state index in [-0.39, 0.29) is 6.04 Å². The van der Waals surface area contributed by atoms with Gasteiger partial charge in [-0.05, 0) is 109 Å². The highest BCUT2D eigenvalue weighted by Crippen LogP contribution is 2.41. The van der Waals surface area contributed by atoms with Gasteiger partial charge in [0.15, 0.2) is 0 Å². The van der Waals surface area contributed by atoms with Crippen LogP contribution in [0.4, 0.5) is 0 Å². The molecular formula is C56H39NO. The third-order valence-electron chi connectivity index (χ3n) is 11.1. The van der Waals surface area contributed by atoms with Crippen molar-refractivity contribution in [3.63, 3.8) is 0 Å². The fraction of sp³-hybridized carbons (Fsp3) is 0.0179. The quantitative estimate of drug-likeness (QED) is 0.135. The first-order valence-electron chi connectivity index (χ1n) is 19.8. The third-order valence-corrected chi connectivity index (χ3v) is 11.1. The highest BCUT2D eigenvalue weighted by atomic mass is 16.3. The van der Waals surface area contributed by atoms with Crippen molar-refractivity contribution in [1.82, 2.24) is 0 Å². The van der Waals surface area contributed by atoms with E-state index in [1.165, 1.54) is 21.9 Å². The summed E-state index contributed by atoms with van der Waals surface area (Å²) in [6, 6.07) is 74.9. The van der Waals surface area contributed by atoms with E-state index in [1.54, 1.807) is 0 Å². The number of para-hydroxylation sites is 1. The molecule has 0 saturated heterocycles. The van der Waals surface area contributed by atoms with E-state index in [9.17, 15) is 0 Å². The maximum absolute atomic E-state index is 6.77. The minimum absolute atomic E-state index is 0.361. The predicted molar refractivity (Wildman–Crippen MR) is 244 cm³/mol. The molecule has 1 atom stereocenters. The number of hydrogen-bond donors (Lipinski definition) is 0. The fourth-order valence-electron chi connectivity index (χ4n) is 8.28. The lowest BCUT2D eigenvalue weighted by Crippen LogP contribution is -2.05. The summed E-state index contributed by atoms with van der Waals surface area (Å²) in [7, 11) is 0. The van der Waals surface area contributed by atoms with Gasteiger partial charge in [-0.3, -0.25) is 4.99 Å². The summed E-state index contributed by atoms with van der Waals surface area (Å²) in [5.41, 5.74) is 14.7. The summed E-state index contributed by atoms with van der Waals surface area (Å²) in [5.74, 6) is 0. The molecule has 1 heterocycles. The van der Waals surface area contributed by atoms with Crippen LogP contribution in [0.3, 0.4) is 0 Å². The van der Waals surface area contributed by atoms with Crippen LogP contribution in [0.15, 0.2) is 234 Å². The van der Waals surface area contributed by atoms with Gasteiger partial charge in [0, 0.05) is 21.9 Å². The van der Waals surface area contributed by atoms with Crippen LogP contribution < -0.4 is 0 Å². The summed E-state index contributed by atoms with van der Waals surface area (Å²) >= 11 is 0. The first-order valence-corrected chi connectivity index (χ1v) is 19.8. The molecule has 10 rings (SSSR count). The molecule has 0 aliphatic heterocycles. The lowest BCUT2D eigenvalue weighted by Gasteiger charge is -2.18. The van der Waals surface area contributed by atoms with Crippen LogP contribution in [-0.4, -0.2) is 5.71 Å². The number of fused-ring (bicyclic) bond motifs is 5. The number of hydrogen-bond acceptors (Lipinski definition) is 2. The molecule has 0 bridgehead atoms. The van der Waals surface area contributed by atoms with Crippen molar-refractivity contribution >= 4 is 38.4 Å². The van der Waals surface area contributed by atoms with Gasteiger partial charge in [-0.25, -0.2) is 0 Å². The van der Waals surface area contributed by atoms with Gasteiger partial charge in [-0.1, -0.05) is 176 Å². The van der Waals surface area contributed by atoms with E-state index in [0.29, 0.717) is 0 Å². The summed E-state index contributed by atoms with van der Waals surface area (Å²) in [4.78, 5) is 5.63. The van der Waals surface area contributed by atoms with Crippen molar-refractivity contribution < 1.29 is 4.42 Å². The number of furan rings is 1. The molecule has 10 aromatic rings. The van der Waals surface area contributed by atoms with Crippen molar-refractivity contribution in [1.29, 1.82) is 0 Å². The van der Waals surface area contributed by atoms with E-state index in [4.69, 9.17) is 9.41 Å². The molecule has 2 heteroatoms. The van der Waals surface area contributed by atoms with Crippen LogP contribution in [0.1, 0.15) is 22.7 Å². The number of aliphatic imine (C=N–C) groups is 1. The Labute approximate surface area is 338 Å². The molecule has 0 spiro atoms. The van der Waals surface area contributed by atoms with Crippen molar-refractivity contribution in [2.75, 3.05) is 0 Å². The monoisotopic (exact) mass is 741 g/mol. The van der Waals surface area contributed by atoms with Gasteiger partial charge in [0.1, 0.15) is 17.2 Å². The minimum Gasteiger partial charge on any atom is -0.456 e. The SMILES string of the molecule is C=C/C(=N\C(c1ccccc1)c1cccc2c1oc1ccc3ccccc3c12)c1cc(-c2ccccc2)cc(-c2cc(-c3ccccc3)cc(-c3ccccc3)c2)c1. The minimum atomic E-state index is -0.361. The van der Waals surface area contributed by atoms with Gasteiger partial charge in [0.05, 0.1) is 5.71 Å². The zero-order chi connectivity index (χ0) is 38.8. The van der Waals surface area contributed by atoms with E-state index in [0.717, 1.165) is 77.7 Å². The molecule has 58 heavy (non-hydrogen) atoms. The van der Waals surface area contributed by atoms with E-state index >= 15 is 0 Å². The Hall–Kier alpha value is -7.55. The zero-order valence-corrected chi connectivity index (χ0v) is 31.9. The standard InChI is InChI=1S/C56H39NO/c1-2-52(57-55(42-25-13-6-14-26-42)51-29-17-28-50-54-49-27-16-15-24-41(49)30-31-53(54)58-56(50)51)48-36-45(40-22-11-5-12-23-40)35-47(37-48)46-33-43(38-18-7-3-8-19-38)32-44(34-46)39-20-9-4-10-21-39/h2-37,55H,1H2/b57-52+. The average molecular weight is 742 g/mol. The molecule has 0 amide bonds. The molecule has 0 radical (unpaired) electrons. The Bertz CT molecular complexity index is 3050. The molecule has 0 fully saturated rings. The van der Waals surface area contributed by atoms with Crippen LogP contribution >= 0.6 is 0 Å². The Morgan fingerprint density at radius 1 is 0.448 bits per heavy atom. The number of rotatable bonds is 9. The molecular weight excluding hydrogens is 703 g/mol. The molecule has 9 aromatic carbocycles. The molecule has 2 nitrogen and oxygen atoms in total. The maximum Gasteiger partial charge on any atom is 0.141 e. The van der Waals surface area contributed by atoms with Crippen molar-refractivity contribution in [3.05, 3.63) is 242 Å². The van der Waals surface area contributed by atoms with Crippen LogP contribution in [0.25, 0.3) is 77.2 Å². The Balaban J connectivity index is 1.18. The highest BCUT2D eigenvalue weighted by molar-refractivity contribution is 6.19. The largest absolute Gasteiger partial charge is 0.456 e. The highest BCUT2D eigenvalue weighted by Gasteiger charge is 2.22. The van der Waals surface area contributed by atoms with Gasteiger partial charge < -0.3 is 4.42 Å². The van der Waals surface area contributed by atoms with Crippen molar-refractivity contribution in [2.45, 2.75) is 6.04 Å². The van der Waals surface area contributed by atoms with E-state index in [1.807, 2.05) is 6.08 Å². The first kappa shape index (κ1) is 34.9. The summed E-state index contributed by atoms with van der Waals surface area (Å²) < 4.78 is 6.77. The van der Waals surface area contributed by atoms with Crippen LogP contribution in [0.5, 0.6) is 0 Å². The van der Waals surface area contributed by atoms with Crippen LogP contribution in [0.2, 0.25) is 0 Å². The van der Waals surface area contributed by atoms with Gasteiger partial charge in [-0.2, -0.15) is 0 Å². The summed E-state index contributed by atoms with van der Waals surface area (Å²) in [5, 5.41) is 4.58. The third kappa shape index (κ3) is 6.61. The lowest BCUT2D eigenvalue weighted by molar-refractivity contribution is 0.658. The second-order valence-electron chi connectivity index (χ2n) is 14.7. The average Bonchev–Trinajstić information content (AvgIpc) is 3.70. The Morgan fingerprint density at radius 3 is 1.52 bits per heavy atom. The zero-order valence-electron chi connectivity index (χ0n) is 31.9. The molecule has 0 aliphatic rings. The molecule has 0 aliphatic carbocycles. The number of nitrogens with zero attached hydrogens (tertiary/aromatic N) is 1. The lowest BCUT2D eigenvalue weighted by atomic mass is 9.90. The summed E-state index contributed by atoms with van der Waals surface area (Å²) in [6.45, 7) is 4.37. The Morgan fingerprint density at radius 2 is 0.931 bits per heavy atom. The Kier molecular flexibility index (Phi) is 9.13. The maximum atomic E-state index is 6.77. The second-order valence-corrected chi connectivity index (χ2v) is 14.7. The van der Waals surface area contributed by atoms with Gasteiger partial charge in [0.2, 0.25) is 0 Å². The first-order chi connectivity index (χ1) is 28.7. The molecule has 1 aromatic heterocycles. The van der Waals surface area contributed by atoms with Crippen molar-refractivity contribution in [2.24, 2.45) is 4.99 Å². The fourth-order valence-corrected chi connectivity index (χ4v) is 8.28. The molecule has 0 saturated carbocycles. The molecule has 1 unspecified atom stereocenters. The van der Waals surface area contributed by atoms with Crippen LogP contribution in [-0.2, 0) is 0 Å². The molecule has 0 N–H and O–H groups in total. The topological polar surface area (TPSA) is 25.5 Å². The number of allylic oxidation sites excluding steroid dienone is 1. The van der Waals surface area contributed by atoms with E-state index in [2.05, 4.69) is 219 Å². The van der Waals surface area contributed by atoms with Crippen LogP contribution in [0, 0.1) is 0 Å². The normalized spacial score (nSPS) is 12.2. The smallest absolute Gasteiger partial charge is 0.141 e. The van der Waals surface area contributed by atoms with Crippen molar-refractivity contribution in [3.8, 4) is 44.5 Å². The second kappa shape index (κ2) is 15.2. The summed E-state index contributed by atoms with van der Waals surface area (Å²) in [6.07, 6.45) is 1.89. The number of benzene rings is 9. The van der Waals surface area contributed by atoms with Gasteiger partial charge in [-0.15, -0.1) is 0 Å².